The molecule has 0 fully saturated rings. The monoisotopic (exact) mass is 275 g/mol. The molecule has 0 aliphatic heterocycles. The largest absolute Gasteiger partial charge is 0.470 e. The molecule has 4 heteroatoms. The van der Waals surface area contributed by atoms with E-state index in [-0.39, 0.29) is 6.73 Å². The number of hydrogen-bond acceptors (Lipinski definition) is 3. The Morgan fingerprint density at radius 3 is 2.67 bits per heavy atom. The topological polar surface area (TPSA) is 21.6 Å². The Bertz CT molecular complexity index is 580. The number of aliphatic imine (C=N–C) groups is 1. The SMILES string of the molecule is S=C=NCOc1ccc(Cl)cc1-c1ccccc1. The Hall–Kier alpha value is -1.67. The van der Waals surface area contributed by atoms with Gasteiger partial charge in [-0.1, -0.05) is 41.9 Å². The first-order chi connectivity index (χ1) is 8.81. The number of thiocarbonyl (C=S) groups is 1. The standard InChI is InChI=1S/C14H10ClNOS/c15-12-6-7-14(17-9-16-10-18)13(8-12)11-4-2-1-3-5-11/h1-8H,9H2. The van der Waals surface area contributed by atoms with Gasteiger partial charge in [-0.3, -0.25) is 0 Å². The first-order valence-corrected chi connectivity index (χ1v) is 6.11. The van der Waals surface area contributed by atoms with Crippen molar-refractivity contribution in [3.05, 3.63) is 53.6 Å². The van der Waals surface area contributed by atoms with Crippen molar-refractivity contribution in [2.75, 3.05) is 6.73 Å². The Morgan fingerprint density at radius 1 is 1.17 bits per heavy atom. The van der Waals surface area contributed by atoms with E-state index in [1.54, 1.807) is 6.07 Å². The number of nitrogens with zero attached hydrogens (tertiary/aromatic N) is 1. The molecule has 0 radical (unpaired) electrons. The molecule has 2 aromatic carbocycles. The maximum absolute atomic E-state index is 6.02. The van der Waals surface area contributed by atoms with E-state index >= 15 is 0 Å². The smallest absolute Gasteiger partial charge is 0.188 e. The third kappa shape index (κ3) is 3.17. The summed E-state index contributed by atoms with van der Waals surface area (Å²) < 4.78 is 5.53. The van der Waals surface area contributed by atoms with Crippen molar-refractivity contribution in [3.63, 3.8) is 0 Å². The molecule has 0 saturated heterocycles. The zero-order valence-electron chi connectivity index (χ0n) is 9.47. The number of rotatable bonds is 4. The fourth-order valence-corrected chi connectivity index (χ4v) is 1.82. The van der Waals surface area contributed by atoms with Crippen LogP contribution in [0.5, 0.6) is 5.75 Å². The predicted octanol–water partition coefficient (Wildman–Crippen LogP) is 4.45. The van der Waals surface area contributed by atoms with E-state index in [1.807, 2.05) is 42.5 Å². The minimum absolute atomic E-state index is 0.158. The first kappa shape index (κ1) is 12.8. The van der Waals surface area contributed by atoms with E-state index in [0.29, 0.717) is 5.02 Å². The van der Waals surface area contributed by atoms with E-state index in [9.17, 15) is 0 Å². The molecule has 0 aromatic heterocycles. The Labute approximate surface area is 116 Å². The van der Waals surface area contributed by atoms with Crippen LogP contribution in [0.3, 0.4) is 0 Å². The van der Waals surface area contributed by atoms with E-state index in [1.165, 1.54) is 0 Å². The third-order valence-corrected chi connectivity index (χ3v) is 2.74. The number of hydrogen-bond donors (Lipinski definition) is 0. The molecule has 18 heavy (non-hydrogen) atoms. The number of halogens is 1. The summed E-state index contributed by atoms with van der Waals surface area (Å²) in [6, 6.07) is 15.4. The summed E-state index contributed by atoms with van der Waals surface area (Å²) in [7, 11) is 0. The minimum Gasteiger partial charge on any atom is -0.470 e. The second kappa shape index (κ2) is 6.31. The molecule has 0 aliphatic carbocycles. The maximum atomic E-state index is 6.02. The zero-order valence-corrected chi connectivity index (χ0v) is 11.0. The number of benzene rings is 2. The average molecular weight is 276 g/mol. The highest BCUT2D eigenvalue weighted by Gasteiger charge is 2.06. The van der Waals surface area contributed by atoms with Crippen LogP contribution in [0.1, 0.15) is 0 Å². The molecule has 0 bridgehead atoms. The van der Waals surface area contributed by atoms with Gasteiger partial charge in [0, 0.05) is 10.6 Å². The van der Waals surface area contributed by atoms with Crippen LogP contribution in [0.25, 0.3) is 11.1 Å². The molecule has 0 unspecified atom stereocenters. The fraction of sp³-hybridized carbons (Fsp3) is 0.0714. The van der Waals surface area contributed by atoms with E-state index < -0.39 is 0 Å². The van der Waals surface area contributed by atoms with Crippen molar-refractivity contribution < 1.29 is 4.74 Å². The van der Waals surface area contributed by atoms with Crippen LogP contribution in [0.15, 0.2) is 53.5 Å². The summed E-state index contributed by atoms with van der Waals surface area (Å²) in [5, 5.41) is 2.93. The molecule has 0 N–H and O–H groups in total. The molecule has 90 valence electrons. The van der Waals surface area contributed by atoms with Gasteiger partial charge >= 0.3 is 0 Å². The highest BCUT2D eigenvalue weighted by Crippen LogP contribution is 2.32. The van der Waals surface area contributed by atoms with Crippen LogP contribution in [-0.4, -0.2) is 11.9 Å². The van der Waals surface area contributed by atoms with E-state index in [2.05, 4.69) is 22.4 Å². The van der Waals surface area contributed by atoms with Gasteiger partial charge in [0.15, 0.2) is 6.73 Å². The second-order valence-corrected chi connectivity index (χ2v) is 4.15. The van der Waals surface area contributed by atoms with Gasteiger partial charge < -0.3 is 4.74 Å². The molecule has 0 amide bonds. The summed E-state index contributed by atoms with van der Waals surface area (Å²) in [5.41, 5.74) is 1.98. The van der Waals surface area contributed by atoms with Crippen LogP contribution in [0.2, 0.25) is 5.02 Å². The van der Waals surface area contributed by atoms with Crippen molar-refractivity contribution >= 4 is 29.0 Å². The normalized spacial score (nSPS) is 9.61. The van der Waals surface area contributed by atoms with Crippen molar-refractivity contribution in [2.45, 2.75) is 0 Å². The first-order valence-electron chi connectivity index (χ1n) is 5.32. The molecule has 2 aromatic rings. The van der Waals surface area contributed by atoms with Gasteiger partial charge in [0.1, 0.15) is 5.75 Å². The zero-order chi connectivity index (χ0) is 12.8. The summed E-state index contributed by atoms with van der Waals surface area (Å²) >= 11 is 10.5. The van der Waals surface area contributed by atoms with Crippen molar-refractivity contribution in [1.82, 2.24) is 0 Å². The van der Waals surface area contributed by atoms with Crippen molar-refractivity contribution in [2.24, 2.45) is 4.99 Å². The lowest BCUT2D eigenvalue weighted by molar-refractivity contribution is 0.334. The van der Waals surface area contributed by atoms with Crippen LogP contribution in [0, 0.1) is 0 Å². The predicted molar refractivity (Wildman–Crippen MR) is 77.4 cm³/mol. The van der Waals surface area contributed by atoms with E-state index in [4.69, 9.17) is 16.3 Å². The van der Waals surface area contributed by atoms with Crippen LogP contribution in [-0.2, 0) is 0 Å². The van der Waals surface area contributed by atoms with Gasteiger partial charge in [-0.15, -0.1) is 0 Å². The van der Waals surface area contributed by atoms with Crippen LogP contribution in [0.4, 0.5) is 0 Å². The summed E-state index contributed by atoms with van der Waals surface area (Å²) in [5.74, 6) is 0.722. The molecule has 0 atom stereocenters. The summed E-state index contributed by atoms with van der Waals surface area (Å²) in [6.07, 6.45) is 0. The van der Waals surface area contributed by atoms with Gasteiger partial charge in [-0.2, -0.15) is 4.99 Å². The Balaban J connectivity index is 2.38. The van der Waals surface area contributed by atoms with Gasteiger partial charge in [0.2, 0.25) is 0 Å². The molecule has 2 nitrogen and oxygen atoms in total. The Morgan fingerprint density at radius 2 is 1.94 bits per heavy atom. The van der Waals surface area contributed by atoms with Gasteiger partial charge in [-0.05, 0) is 36.0 Å². The highest BCUT2D eigenvalue weighted by atomic mass is 35.5. The summed E-state index contributed by atoms with van der Waals surface area (Å²) in [6.45, 7) is 0.158. The van der Waals surface area contributed by atoms with Crippen LogP contribution < -0.4 is 4.74 Å². The van der Waals surface area contributed by atoms with Gasteiger partial charge in [-0.25, -0.2) is 0 Å². The molecular weight excluding hydrogens is 266 g/mol. The van der Waals surface area contributed by atoms with Gasteiger partial charge in [0.25, 0.3) is 0 Å². The van der Waals surface area contributed by atoms with Gasteiger partial charge in [0.05, 0.1) is 5.16 Å². The van der Waals surface area contributed by atoms with Crippen LogP contribution >= 0.6 is 23.8 Å². The lowest BCUT2D eigenvalue weighted by atomic mass is 10.1. The molecule has 0 aliphatic rings. The number of ether oxygens (including phenoxy) is 1. The minimum atomic E-state index is 0.158. The van der Waals surface area contributed by atoms with Crippen molar-refractivity contribution in [3.8, 4) is 16.9 Å². The van der Waals surface area contributed by atoms with Crippen molar-refractivity contribution in [1.29, 1.82) is 0 Å². The molecular formula is C14H10ClNOS. The second-order valence-electron chi connectivity index (χ2n) is 3.53. The molecule has 0 saturated carbocycles. The fourth-order valence-electron chi connectivity index (χ4n) is 1.60. The highest BCUT2D eigenvalue weighted by molar-refractivity contribution is 7.78. The van der Waals surface area contributed by atoms with E-state index in [0.717, 1.165) is 16.9 Å². The Kier molecular flexibility index (Phi) is 4.48. The average Bonchev–Trinajstić information content (AvgIpc) is 2.41. The maximum Gasteiger partial charge on any atom is 0.188 e. The summed E-state index contributed by atoms with van der Waals surface area (Å²) in [4.78, 5) is 3.73. The molecule has 2 rings (SSSR count). The molecule has 0 heterocycles. The quantitative estimate of drug-likeness (QED) is 0.607. The lowest BCUT2D eigenvalue weighted by Crippen LogP contribution is -1.95. The third-order valence-electron chi connectivity index (χ3n) is 2.38. The molecule has 0 spiro atoms. The lowest BCUT2D eigenvalue weighted by Gasteiger charge is -2.10. The number of isothiocyanates is 1.